The highest BCUT2D eigenvalue weighted by molar-refractivity contribution is 5.89. The summed E-state index contributed by atoms with van der Waals surface area (Å²) in [6.07, 6.45) is 5.73. The minimum Gasteiger partial charge on any atom is -0.493 e. The fourth-order valence-corrected chi connectivity index (χ4v) is 4.80. The second-order valence-electron chi connectivity index (χ2n) is 7.87. The zero-order valence-electron chi connectivity index (χ0n) is 16.2. The standard InChI is InChI=1S/C21H28N2O4/c1-26-18-9-14-7-8-22(12-15(14)10-19(18)27-2)21(25)16-11-20(24)23(13-16)17-5-3-4-6-17/h9-10,16-17H,3-8,11-13H2,1-2H3. The number of hydrogen-bond donors (Lipinski definition) is 0. The highest BCUT2D eigenvalue weighted by Crippen LogP contribution is 2.35. The fraction of sp³-hybridized carbons (Fsp3) is 0.619. The van der Waals surface area contributed by atoms with Crippen LogP contribution in [0.1, 0.15) is 43.2 Å². The SMILES string of the molecule is COc1cc2c(cc1OC)CN(C(=O)C1CC(=O)N(C3CCCC3)C1)CC2. The van der Waals surface area contributed by atoms with Crippen LogP contribution in [0.25, 0.3) is 0 Å². The topological polar surface area (TPSA) is 59.1 Å². The third kappa shape index (κ3) is 3.37. The van der Waals surface area contributed by atoms with Gasteiger partial charge in [0.2, 0.25) is 11.8 Å². The first-order valence-corrected chi connectivity index (χ1v) is 9.92. The van der Waals surface area contributed by atoms with Gasteiger partial charge < -0.3 is 19.3 Å². The second-order valence-corrected chi connectivity index (χ2v) is 7.87. The van der Waals surface area contributed by atoms with Crippen LogP contribution in [0.4, 0.5) is 0 Å². The Kier molecular flexibility index (Phi) is 4.98. The van der Waals surface area contributed by atoms with Crippen molar-refractivity contribution in [2.24, 2.45) is 5.92 Å². The summed E-state index contributed by atoms with van der Waals surface area (Å²) in [6.45, 7) is 1.86. The molecule has 146 valence electrons. The molecular formula is C21H28N2O4. The molecule has 0 radical (unpaired) electrons. The summed E-state index contributed by atoms with van der Waals surface area (Å²) in [5.74, 6) is 1.49. The van der Waals surface area contributed by atoms with E-state index in [1.807, 2.05) is 21.9 Å². The molecule has 1 unspecified atom stereocenters. The third-order valence-electron chi connectivity index (χ3n) is 6.30. The van der Waals surface area contributed by atoms with Crippen molar-refractivity contribution in [1.29, 1.82) is 0 Å². The summed E-state index contributed by atoms with van der Waals surface area (Å²) in [5, 5.41) is 0. The van der Waals surface area contributed by atoms with E-state index in [9.17, 15) is 9.59 Å². The Morgan fingerprint density at radius 3 is 2.41 bits per heavy atom. The third-order valence-corrected chi connectivity index (χ3v) is 6.30. The first-order valence-electron chi connectivity index (χ1n) is 9.92. The monoisotopic (exact) mass is 372 g/mol. The van der Waals surface area contributed by atoms with E-state index >= 15 is 0 Å². The Morgan fingerprint density at radius 1 is 1.07 bits per heavy atom. The van der Waals surface area contributed by atoms with E-state index in [-0.39, 0.29) is 17.7 Å². The highest BCUT2D eigenvalue weighted by Gasteiger charge is 2.40. The van der Waals surface area contributed by atoms with Crippen LogP contribution in [-0.4, -0.2) is 55.0 Å². The molecule has 2 heterocycles. The van der Waals surface area contributed by atoms with Crippen LogP contribution in [0.2, 0.25) is 0 Å². The predicted molar refractivity (Wildman–Crippen MR) is 101 cm³/mol. The molecule has 0 spiro atoms. The summed E-state index contributed by atoms with van der Waals surface area (Å²) >= 11 is 0. The van der Waals surface area contributed by atoms with Crippen molar-refractivity contribution in [3.63, 3.8) is 0 Å². The summed E-state index contributed by atoms with van der Waals surface area (Å²) in [7, 11) is 3.26. The Bertz CT molecular complexity index is 742. The van der Waals surface area contributed by atoms with Gasteiger partial charge in [-0.3, -0.25) is 9.59 Å². The quantitative estimate of drug-likeness (QED) is 0.814. The van der Waals surface area contributed by atoms with Crippen LogP contribution in [-0.2, 0) is 22.6 Å². The zero-order chi connectivity index (χ0) is 19.0. The first-order chi connectivity index (χ1) is 13.1. The van der Waals surface area contributed by atoms with Gasteiger partial charge in [-0.15, -0.1) is 0 Å². The fourth-order valence-electron chi connectivity index (χ4n) is 4.80. The number of hydrogen-bond acceptors (Lipinski definition) is 4. The van der Waals surface area contributed by atoms with Crippen LogP contribution in [0.3, 0.4) is 0 Å². The maximum Gasteiger partial charge on any atom is 0.228 e. The average molecular weight is 372 g/mol. The van der Waals surface area contributed by atoms with Crippen LogP contribution >= 0.6 is 0 Å². The molecule has 0 bridgehead atoms. The van der Waals surface area contributed by atoms with Crippen molar-refractivity contribution in [3.05, 3.63) is 23.3 Å². The molecule has 1 saturated heterocycles. The van der Waals surface area contributed by atoms with Gasteiger partial charge in [-0.2, -0.15) is 0 Å². The lowest BCUT2D eigenvalue weighted by Crippen LogP contribution is -2.41. The lowest BCUT2D eigenvalue weighted by Gasteiger charge is -2.31. The molecule has 2 amide bonds. The maximum atomic E-state index is 13.1. The number of rotatable bonds is 4. The molecule has 4 rings (SSSR count). The van der Waals surface area contributed by atoms with Gasteiger partial charge in [0.1, 0.15) is 0 Å². The van der Waals surface area contributed by atoms with Crippen LogP contribution in [0.5, 0.6) is 11.5 Å². The van der Waals surface area contributed by atoms with Crippen LogP contribution in [0, 0.1) is 5.92 Å². The van der Waals surface area contributed by atoms with E-state index in [4.69, 9.17) is 9.47 Å². The van der Waals surface area contributed by atoms with E-state index in [0.29, 0.717) is 37.8 Å². The molecule has 1 atom stereocenters. The zero-order valence-corrected chi connectivity index (χ0v) is 16.2. The average Bonchev–Trinajstić information content (AvgIpc) is 3.35. The minimum atomic E-state index is -0.195. The number of nitrogens with zero attached hydrogens (tertiary/aromatic N) is 2. The molecule has 6 nitrogen and oxygen atoms in total. The van der Waals surface area contributed by atoms with E-state index in [0.717, 1.165) is 30.6 Å². The molecule has 0 aromatic heterocycles. The molecule has 1 aliphatic carbocycles. The van der Waals surface area contributed by atoms with Gasteiger partial charge in [0.15, 0.2) is 11.5 Å². The van der Waals surface area contributed by atoms with Gasteiger partial charge in [0.25, 0.3) is 0 Å². The van der Waals surface area contributed by atoms with Crippen molar-refractivity contribution in [1.82, 2.24) is 9.80 Å². The molecular weight excluding hydrogens is 344 g/mol. The summed E-state index contributed by atoms with van der Waals surface area (Å²) < 4.78 is 10.8. The Balaban J connectivity index is 1.46. The summed E-state index contributed by atoms with van der Waals surface area (Å²) in [6, 6.07) is 4.34. The van der Waals surface area contributed by atoms with Crippen molar-refractivity contribution in [2.45, 2.75) is 51.1 Å². The van der Waals surface area contributed by atoms with Gasteiger partial charge in [0, 0.05) is 32.1 Å². The number of methoxy groups -OCH3 is 2. The molecule has 1 saturated carbocycles. The Hall–Kier alpha value is -2.24. The van der Waals surface area contributed by atoms with Gasteiger partial charge >= 0.3 is 0 Å². The second kappa shape index (κ2) is 7.41. The molecule has 0 N–H and O–H groups in total. The van der Waals surface area contributed by atoms with E-state index in [2.05, 4.69) is 0 Å². The minimum absolute atomic E-state index is 0.115. The molecule has 3 aliphatic rings. The van der Waals surface area contributed by atoms with Crippen molar-refractivity contribution < 1.29 is 19.1 Å². The predicted octanol–water partition coefficient (Wildman–Crippen LogP) is 2.38. The molecule has 2 fully saturated rings. The first kappa shape index (κ1) is 18.1. The lowest BCUT2D eigenvalue weighted by molar-refractivity contribution is -0.136. The molecule has 1 aromatic rings. The van der Waals surface area contributed by atoms with Crippen LogP contribution < -0.4 is 9.47 Å². The van der Waals surface area contributed by atoms with Crippen LogP contribution in [0.15, 0.2) is 12.1 Å². The molecule has 6 heteroatoms. The van der Waals surface area contributed by atoms with Crippen molar-refractivity contribution in [2.75, 3.05) is 27.3 Å². The number of benzene rings is 1. The van der Waals surface area contributed by atoms with Crippen molar-refractivity contribution >= 4 is 11.8 Å². The van der Waals surface area contributed by atoms with E-state index < -0.39 is 0 Å². The normalized spacial score (nSPS) is 22.9. The molecule has 27 heavy (non-hydrogen) atoms. The lowest BCUT2D eigenvalue weighted by atomic mass is 9.97. The van der Waals surface area contributed by atoms with Gasteiger partial charge in [-0.25, -0.2) is 0 Å². The van der Waals surface area contributed by atoms with Gasteiger partial charge in [-0.05, 0) is 42.5 Å². The molecule has 1 aromatic carbocycles. The van der Waals surface area contributed by atoms with Gasteiger partial charge in [0.05, 0.1) is 20.1 Å². The number of amides is 2. The Morgan fingerprint density at radius 2 is 1.74 bits per heavy atom. The number of ether oxygens (including phenoxy) is 2. The highest BCUT2D eigenvalue weighted by atomic mass is 16.5. The number of likely N-dealkylation sites (tertiary alicyclic amines) is 1. The van der Waals surface area contributed by atoms with E-state index in [1.165, 1.54) is 18.4 Å². The summed E-state index contributed by atoms with van der Waals surface area (Å²) in [5.41, 5.74) is 2.30. The number of carbonyl (C=O) groups is 2. The summed E-state index contributed by atoms with van der Waals surface area (Å²) in [4.78, 5) is 29.4. The van der Waals surface area contributed by atoms with E-state index in [1.54, 1.807) is 14.2 Å². The number of carbonyl (C=O) groups excluding carboxylic acids is 2. The number of fused-ring (bicyclic) bond motifs is 1. The molecule has 2 aliphatic heterocycles. The maximum absolute atomic E-state index is 13.1. The Labute approximate surface area is 160 Å². The smallest absolute Gasteiger partial charge is 0.228 e. The van der Waals surface area contributed by atoms with Crippen molar-refractivity contribution in [3.8, 4) is 11.5 Å². The van der Waals surface area contributed by atoms with Gasteiger partial charge in [-0.1, -0.05) is 12.8 Å². The largest absolute Gasteiger partial charge is 0.493 e.